The van der Waals surface area contributed by atoms with Crippen LogP contribution in [-0.2, 0) is 16.0 Å². The summed E-state index contributed by atoms with van der Waals surface area (Å²) in [6, 6.07) is 1.64. The first-order chi connectivity index (χ1) is 8.19. The molecule has 0 amide bonds. The van der Waals surface area contributed by atoms with Crippen LogP contribution in [0.3, 0.4) is 0 Å². The number of carbonyl (C=O) groups excluding carboxylic acids is 1. The first-order valence-electron chi connectivity index (χ1n) is 5.80. The lowest BCUT2D eigenvalue weighted by molar-refractivity contribution is 0.0477. The number of rotatable bonds is 7. The van der Waals surface area contributed by atoms with Crippen molar-refractivity contribution in [3.8, 4) is 0 Å². The standard InChI is InChI=1S/C12H20N2O3/c1-3-14-9-10(13)8-11(14)12(15)17-7-5-4-6-16-2/h8-9H,3-7,13H2,1-2H3. The molecule has 0 unspecified atom stereocenters. The zero-order valence-corrected chi connectivity index (χ0v) is 10.4. The highest BCUT2D eigenvalue weighted by Gasteiger charge is 2.13. The second-order valence-electron chi connectivity index (χ2n) is 3.78. The SMILES string of the molecule is CCn1cc(N)cc1C(=O)OCCCCOC. The molecule has 17 heavy (non-hydrogen) atoms. The van der Waals surface area contributed by atoms with E-state index in [0.29, 0.717) is 31.1 Å². The number of anilines is 1. The van der Waals surface area contributed by atoms with Crippen LogP contribution in [0, 0.1) is 0 Å². The number of hydrogen-bond acceptors (Lipinski definition) is 4. The summed E-state index contributed by atoms with van der Waals surface area (Å²) in [5.41, 5.74) is 6.73. The molecule has 0 atom stereocenters. The normalized spacial score (nSPS) is 10.5. The van der Waals surface area contributed by atoms with Crippen LogP contribution in [0.5, 0.6) is 0 Å². The number of hydrogen-bond donors (Lipinski definition) is 1. The maximum absolute atomic E-state index is 11.7. The Hall–Kier alpha value is -1.49. The predicted molar refractivity (Wildman–Crippen MR) is 65.9 cm³/mol. The zero-order chi connectivity index (χ0) is 12.7. The Labute approximate surface area is 101 Å². The van der Waals surface area contributed by atoms with E-state index in [9.17, 15) is 4.79 Å². The summed E-state index contributed by atoms with van der Waals surface area (Å²) in [7, 11) is 1.66. The van der Waals surface area contributed by atoms with Gasteiger partial charge in [-0.3, -0.25) is 0 Å². The lowest BCUT2D eigenvalue weighted by Gasteiger charge is -2.06. The molecule has 0 aliphatic heterocycles. The van der Waals surface area contributed by atoms with E-state index in [1.807, 2.05) is 6.92 Å². The number of carbonyl (C=O) groups is 1. The van der Waals surface area contributed by atoms with E-state index in [-0.39, 0.29) is 5.97 Å². The summed E-state index contributed by atoms with van der Waals surface area (Å²) in [4.78, 5) is 11.7. The van der Waals surface area contributed by atoms with Crippen molar-refractivity contribution in [3.05, 3.63) is 18.0 Å². The van der Waals surface area contributed by atoms with Gasteiger partial charge in [-0.05, 0) is 25.8 Å². The Morgan fingerprint density at radius 1 is 1.41 bits per heavy atom. The highest BCUT2D eigenvalue weighted by atomic mass is 16.5. The largest absolute Gasteiger partial charge is 0.461 e. The third kappa shape index (κ3) is 4.11. The Balaban J connectivity index is 2.41. The fourth-order valence-corrected chi connectivity index (χ4v) is 1.55. The van der Waals surface area contributed by atoms with E-state index >= 15 is 0 Å². The van der Waals surface area contributed by atoms with Gasteiger partial charge in [0.05, 0.1) is 12.3 Å². The maximum Gasteiger partial charge on any atom is 0.355 e. The van der Waals surface area contributed by atoms with E-state index < -0.39 is 0 Å². The molecule has 0 saturated carbocycles. The number of aromatic nitrogens is 1. The van der Waals surface area contributed by atoms with Crippen LogP contribution in [0.4, 0.5) is 5.69 Å². The molecule has 1 aromatic heterocycles. The highest BCUT2D eigenvalue weighted by Crippen LogP contribution is 2.12. The number of ether oxygens (including phenoxy) is 2. The number of aryl methyl sites for hydroxylation is 1. The zero-order valence-electron chi connectivity index (χ0n) is 10.4. The smallest absolute Gasteiger partial charge is 0.355 e. The van der Waals surface area contributed by atoms with Gasteiger partial charge in [-0.15, -0.1) is 0 Å². The van der Waals surface area contributed by atoms with Gasteiger partial charge in [0.15, 0.2) is 0 Å². The fraction of sp³-hybridized carbons (Fsp3) is 0.583. The van der Waals surface area contributed by atoms with Crippen molar-refractivity contribution in [3.63, 3.8) is 0 Å². The second kappa shape index (κ2) is 6.96. The Morgan fingerprint density at radius 2 is 2.12 bits per heavy atom. The minimum Gasteiger partial charge on any atom is -0.461 e. The van der Waals surface area contributed by atoms with Gasteiger partial charge >= 0.3 is 5.97 Å². The van der Waals surface area contributed by atoms with Crippen molar-refractivity contribution in [1.29, 1.82) is 0 Å². The Bertz CT molecular complexity index is 361. The highest BCUT2D eigenvalue weighted by molar-refractivity contribution is 5.89. The molecule has 1 heterocycles. The van der Waals surface area contributed by atoms with Gasteiger partial charge in [-0.2, -0.15) is 0 Å². The fourth-order valence-electron chi connectivity index (χ4n) is 1.55. The molecule has 0 bridgehead atoms. The predicted octanol–water partition coefficient (Wildman–Crippen LogP) is 1.67. The molecule has 0 saturated heterocycles. The average Bonchev–Trinajstić information content (AvgIpc) is 2.70. The van der Waals surface area contributed by atoms with Crippen LogP contribution in [-0.4, -0.2) is 30.9 Å². The molecule has 5 heteroatoms. The average molecular weight is 240 g/mol. The van der Waals surface area contributed by atoms with E-state index in [0.717, 1.165) is 12.8 Å². The number of unbranched alkanes of at least 4 members (excludes halogenated alkanes) is 1. The summed E-state index contributed by atoms with van der Waals surface area (Å²) in [5, 5.41) is 0. The van der Waals surface area contributed by atoms with Gasteiger partial charge in [0, 0.05) is 26.5 Å². The van der Waals surface area contributed by atoms with Gasteiger partial charge in [0.25, 0.3) is 0 Å². The van der Waals surface area contributed by atoms with Gasteiger partial charge < -0.3 is 19.8 Å². The molecule has 1 aromatic rings. The van der Waals surface area contributed by atoms with Crippen molar-refractivity contribution in [2.75, 3.05) is 26.1 Å². The number of nitrogens with two attached hydrogens (primary N) is 1. The van der Waals surface area contributed by atoms with Crippen LogP contribution >= 0.6 is 0 Å². The van der Waals surface area contributed by atoms with E-state index in [1.165, 1.54) is 0 Å². The van der Waals surface area contributed by atoms with E-state index in [2.05, 4.69) is 0 Å². The van der Waals surface area contributed by atoms with Crippen LogP contribution in [0.25, 0.3) is 0 Å². The molecular weight excluding hydrogens is 220 g/mol. The maximum atomic E-state index is 11.7. The molecule has 0 aliphatic rings. The lowest BCUT2D eigenvalue weighted by atomic mass is 10.3. The molecule has 5 nitrogen and oxygen atoms in total. The summed E-state index contributed by atoms with van der Waals surface area (Å²) < 4.78 is 11.9. The Kier molecular flexibility index (Phi) is 5.56. The topological polar surface area (TPSA) is 66.5 Å². The number of nitrogen functional groups attached to an aromatic ring is 1. The van der Waals surface area contributed by atoms with E-state index in [1.54, 1.807) is 23.9 Å². The molecular formula is C12H20N2O3. The Morgan fingerprint density at radius 3 is 2.76 bits per heavy atom. The molecule has 96 valence electrons. The summed E-state index contributed by atoms with van der Waals surface area (Å²) in [6.07, 6.45) is 3.43. The molecule has 0 radical (unpaired) electrons. The van der Waals surface area contributed by atoms with Crippen molar-refractivity contribution in [1.82, 2.24) is 4.57 Å². The number of nitrogens with zero attached hydrogens (tertiary/aromatic N) is 1. The molecule has 0 fully saturated rings. The quantitative estimate of drug-likeness (QED) is 0.581. The first kappa shape index (κ1) is 13.6. The van der Waals surface area contributed by atoms with Crippen LogP contribution < -0.4 is 5.73 Å². The molecule has 0 aromatic carbocycles. The van der Waals surface area contributed by atoms with Crippen molar-refractivity contribution < 1.29 is 14.3 Å². The van der Waals surface area contributed by atoms with Crippen LogP contribution in [0.2, 0.25) is 0 Å². The third-order valence-electron chi connectivity index (χ3n) is 2.44. The minimum absolute atomic E-state index is 0.319. The monoisotopic (exact) mass is 240 g/mol. The van der Waals surface area contributed by atoms with Gasteiger partial charge in [-0.25, -0.2) is 4.79 Å². The second-order valence-corrected chi connectivity index (χ2v) is 3.78. The summed E-state index contributed by atoms with van der Waals surface area (Å²) in [5.74, 6) is -0.319. The molecule has 2 N–H and O–H groups in total. The van der Waals surface area contributed by atoms with Crippen LogP contribution in [0.15, 0.2) is 12.3 Å². The number of methoxy groups -OCH3 is 1. The van der Waals surface area contributed by atoms with Crippen LogP contribution in [0.1, 0.15) is 30.3 Å². The molecule has 1 rings (SSSR count). The van der Waals surface area contributed by atoms with Crippen molar-refractivity contribution >= 4 is 11.7 Å². The third-order valence-corrected chi connectivity index (χ3v) is 2.44. The molecule has 0 spiro atoms. The lowest BCUT2D eigenvalue weighted by Crippen LogP contribution is -2.12. The van der Waals surface area contributed by atoms with Crippen molar-refractivity contribution in [2.24, 2.45) is 0 Å². The summed E-state index contributed by atoms with van der Waals surface area (Å²) in [6.45, 7) is 3.76. The molecule has 0 aliphatic carbocycles. The van der Waals surface area contributed by atoms with Gasteiger partial charge in [0.1, 0.15) is 5.69 Å². The minimum atomic E-state index is -0.319. The van der Waals surface area contributed by atoms with E-state index in [4.69, 9.17) is 15.2 Å². The number of esters is 1. The summed E-state index contributed by atoms with van der Waals surface area (Å²) >= 11 is 0. The van der Waals surface area contributed by atoms with Crippen molar-refractivity contribution in [2.45, 2.75) is 26.3 Å². The van der Waals surface area contributed by atoms with Gasteiger partial charge in [0.2, 0.25) is 0 Å². The first-order valence-corrected chi connectivity index (χ1v) is 5.80. The van der Waals surface area contributed by atoms with Gasteiger partial charge in [-0.1, -0.05) is 0 Å².